The molecule has 0 aliphatic carbocycles. The number of ketones is 1. The molecule has 0 unspecified atom stereocenters. The van der Waals surface area contributed by atoms with Crippen molar-refractivity contribution >= 4 is 11.8 Å². The molecule has 0 fully saturated rings. The molecular formula is C24H16FNO5. The Balaban J connectivity index is 1.41. The van der Waals surface area contributed by atoms with Gasteiger partial charge in [-0.1, -0.05) is 6.07 Å². The van der Waals surface area contributed by atoms with Crippen LogP contribution in [-0.4, -0.2) is 16.3 Å². The lowest BCUT2D eigenvalue weighted by Crippen LogP contribution is -2.17. The van der Waals surface area contributed by atoms with Gasteiger partial charge in [0.1, 0.15) is 17.3 Å². The van der Waals surface area contributed by atoms with E-state index in [0.717, 1.165) is 0 Å². The highest BCUT2D eigenvalue weighted by atomic mass is 19.1. The summed E-state index contributed by atoms with van der Waals surface area (Å²) in [6.45, 7) is 0.188. The minimum Gasteiger partial charge on any atom is -0.452 e. The second kappa shape index (κ2) is 8.62. The number of halogens is 1. The van der Waals surface area contributed by atoms with Crippen LogP contribution in [0, 0.1) is 5.82 Å². The van der Waals surface area contributed by atoms with Gasteiger partial charge < -0.3 is 13.7 Å². The highest BCUT2D eigenvalue weighted by Gasteiger charge is 2.15. The van der Waals surface area contributed by atoms with E-state index in [1.165, 1.54) is 65.2 Å². The van der Waals surface area contributed by atoms with Crippen molar-refractivity contribution in [1.82, 2.24) is 4.57 Å². The summed E-state index contributed by atoms with van der Waals surface area (Å²) in [7, 11) is 0. The van der Waals surface area contributed by atoms with Crippen LogP contribution in [0.25, 0.3) is 0 Å². The Morgan fingerprint density at radius 1 is 0.871 bits per heavy atom. The van der Waals surface area contributed by atoms with Gasteiger partial charge in [0, 0.05) is 23.4 Å². The number of esters is 1. The number of rotatable bonds is 6. The fourth-order valence-electron chi connectivity index (χ4n) is 2.93. The van der Waals surface area contributed by atoms with Gasteiger partial charge in [0.2, 0.25) is 5.76 Å². The van der Waals surface area contributed by atoms with Gasteiger partial charge in [-0.2, -0.15) is 0 Å². The number of ether oxygens (including phenoxy) is 1. The summed E-state index contributed by atoms with van der Waals surface area (Å²) in [5.74, 6) is -0.742. The second-order valence-electron chi connectivity index (χ2n) is 6.68. The summed E-state index contributed by atoms with van der Waals surface area (Å²) in [5, 5.41) is 0. The summed E-state index contributed by atoms with van der Waals surface area (Å²) >= 11 is 0. The predicted molar refractivity (Wildman–Crippen MR) is 110 cm³/mol. The molecule has 0 bridgehead atoms. The summed E-state index contributed by atoms with van der Waals surface area (Å²) < 4.78 is 25.2. The first kappa shape index (κ1) is 20.0. The molecule has 2 aromatic heterocycles. The van der Waals surface area contributed by atoms with Gasteiger partial charge in [0.25, 0.3) is 5.56 Å². The number of carbonyl (C=O) groups is 2. The minimum absolute atomic E-state index is 0.00885. The van der Waals surface area contributed by atoms with Crippen LogP contribution in [0.5, 0.6) is 5.75 Å². The van der Waals surface area contributed by atoms with Crippen molar-refractivity contribution in [3.05, 3.63) is 124 Å². The Morgan fingerprint density at radius 3 is 2.23 bits per heavy atom. The summed E-state index contributed by atoms with van der Waals surface area (Å²) in [6, 6.07) is 19.1. The third kappa shape index (κ3) is 4.67. The molecule has 4 rings (SSSR count). The van der Waals surface area contributed by atoms with Crippen LogP contribution >= 0.6 is 0 Å². The van der Waals surface area contributed by atoms with Gasteiger partial charge in [-0.3, -0.25) is 9.59 Å². The first-order valence-electron chi connectivity index (χ1n) is 9.36. The van der Waals surface area contributed by atoms with Gasteiger partial charge in [-0.25, -0.2) is 9.18 Å². The molecule has 0 aliphatic rings. The molecule has 0 aliphatic heterocycles. The molecule has 0 N–H and O–H groups in total. The first-order chi connectivity index (χ1) is 15.0. The molecule has 7 heteroatoms. The van der Waals surface area contributed by atoms with Gasteiger partial charge in [0.05, 0.1) is 6.54 Å². The van der Waals surface area contributed by atoms with Crippen LogP contribution in [0.4, 0.5) is 4.39 Å². The SMILES string of the molecule is O=C(c1ccc(F)cc1)c1ccc(OC(=O)c2ccc(Cn3ccccc3=O)o2)cc1. The van der Waals surface area contributed by atoms with Crippen molar-refractivity contribution in [1.29, 1.82) is 0 Å². The van der Waals surface area contributed by atoms with E-state index in [9.17, 15) is 18.8 Å². The summed E-state index contributed by atoms with van der Waals surface area (Å²) in [6.07, 6.45) is 1.62. The van der Waals surface area contributed by atoms with Gasteiger partial charge in [0.15, 0.2) is 5.78 Å². The van der Waals surface area contributed by atoms with Gasteiger partial charge in [-0.15, -0.1) is 0 Å². The molecule has 6 nitrogen and oxygen atoms in total. The Labute approximate surface area is 176 Å². The Bertz CT molecular complexity index is 1290. The largest absolute Gasteiger partial charge is 0.452 e. The number of benzene rings is 2. The number of hydrogen-bond donors (Lipinski definition) is 0. The number of furan rings is 1. The molecule has 2 aromatic carbocycles. The molecule has 2 heterocycles. The highest BCUT2D eigenvalue weighted by Crippen LogP contribution is 2.18. The lowest BCUT2D eigenvalue weighted by molar-refractivity contribution is 0.0699. The number of carbonyl (C=O) groups excluding carboxylic acids is 2. The molecular weight excluding hydrogens is 401 g/mol. The molecule has 0 saturated carbocycles. The molecule has 0 radical (unpaired) electrons. The van der Waals surface area contributed by atoms with Crippen LogP contribution in [-0.2, 0) is 6.54 Å². The Hall–Kier alpha value is -4.26. The highest BCUT2D eigenvalue weighted by molar-refractivity contribution is 6.09. The van der Waals surface area contributed by atoms with E-state index < -0.39 is 11.8 Å². The Morgan fingerprint density at radius 2 is 1.55 bits per heavy atom. The van der Waals surface area contributed by atoms with Crippen molar-refractivity contribution in [3.8, 4) is 5.75 Å². The van der Waals surface area contributed by atoms with E-state index >= 15 is 0 Å². The first-order valence-corrected chi connectivity index (χ1v) is 9.36. The summed E-state index contributed by atoms with van der Waals surface area (Å²) in [5.41, 5.74) is 0.546. The zero-order valence-corrected chi connectivity index (χ0v) is 16.2. The number of pyridine rings is 1. The molecule has 0 atom stereocenters. The fourth-order valence-corrected chi connectivity index (χ4v) is 2.93. The predicted octanol–water partition coefficient (Wildman–Crippen LogP) is 4.08. The number of hydrogen-bond acceptors (Lipinski definition) is 5. The summed E-state index contributed by atoms with van der Waals surface area (Å²) in [4.78, 5) is 36.5. The maximum atomic E-state index is 13.0. The van der Waals surface area contributed by atoms with Crippen LogP contribution in [0.1, 0.15) is 32.2 Å². The maximum absolute atomic E-state index is 13.0. The minimum atomic E-state index is -0.704. The van der Waals surface area contributed by atoms with Crippen LogP contribution in [0.15, 0.2) is 94.3 Å². The molecule has 0 saturated heterocycles. The molecule has 154 valence electrons. The normalized spacial score (nSPS) is 10.6. The number of aromatic nitrogens is 1. The molecule has 31 heavy (non-hydrogen) atoms. The zero-order valence-electron chi connectivity index (χ0n) is 16.2. The van der Waals surface area contributed by atoms with E-state index in [1.807, 2.05) is 0 Å². The van der Waals surface area contributed by atoms with Crippen molar-refractivity contribution in [2.24, 2.45) is 0 Å². The second-order valence-corrected chi connectivity index (χ2v) is 6.68. The van der Waals surface area contributed by atoms with Crippen molar-refractivity contribution in [2.75, 3.05) is 0 Å². The van der Waals surface area contributed by atoms with Gasteiger partial charge in [-0.05, 0) is 66.7 Å². The van der Waals surface area contributed by atoms with E-state index in [2.05, 4.69) is 0 Å². The fraction of sp³-hybridized carbons (Fsp3) is 0.0417. The van der Waals surface area contributed by atoms with E-state index in [1.54, 1.807) is 24.4 Å². The topological polar surface area (TPSA) is 78.5 Å². The zero-order chi connectivity index (χ0) is 21.8. The average Bonchev–Trinajstić information content (AvgIpc) is 3.25. The quantitative estimate of drug-likeness (QED) is 0.268. The smallest absolute Gasteiger partial charge is 0.379 e. The van der Waals surface area contributed by atoms with Crippen molar-refractivity contribution in [3.63, 3.8) is 0 Å². The molecule has 4 aromatic rings. The van der Waals surface area contributed by atoms with E-state index in [0.29, 0.717) is 16.9 Å². The van der Waals surface area contributed by atoms with Crippen molar-refractivity contribution in [2.45, 2.75) is 6.54 Å². The number of nitrogens with zero attached hydrogens (tertiary/aromatic N) is 1. The van der Waals surface area contributed by atoms with Crippen LogP contribution < -0.4 is 10.3 Å². The van der Waals surface area contributed by atoms with Crippen LogP contribution in [0.3, 0.4) is 0 Å². The van der Waals surface area contributed by atoms with Crippen LogP contribution in [0.2, 0.25) is 0 Å². The molecule has 0 amide bonds. The third-order valence-electron chi connectivity index (χ3n) is 4.52. The van der Waals surface area contributed by atoms with E-state index in [-0.39, 0.29) is 29.4 Å². The van der Waals surface area contributed by atoms with E-state index in [4.69, 9.17) is 9.15 Å². The molecule has 0 spiro atoms. The Kier molecular flexibility index (Phi) is 5.57. The average molecular weight is 417 g/mol. The monoisotopic (exact) mass is 417 g/mol. The maximum Gasteiger partial charge on any atom is 0.379 e. The van der Waals surface area contributed by atoms with Gasteiger partial charge >= 0.3 is 5.97 Å². The lowest BCUT2D eigenvalue weighted by Gasteiger charge is -2.05. The standard InChI is InChI=1S/C24H16FNO5/c25-18-8-4-16(5-9-18)23(28)17-6-10-19(11-7-17)31-24(29)21-13-12-20(30-21)15-26-14-2-1-3-22(26)27/h1-14H,15H2. The third-order valence-corrected chi connectivity index (χ3v) is 4.52. The lowest BCUT2D eigenvalue weighted by atomic mass is 10.0. The van der Waals surface area contributed by atoms with Crippen molar-refractivity contribution < 1.29 is 23.1 Å².